The van der Waals surface area contributed by atoms with Gasteiger partial charge in [-0.15, -0.1) is 0 Å². The molecule has 22 heavy (non-hydrogen) atoms. The summed E-state index contributed by atoms with van der Waals surface area (Å²) in [6.45, 7) is 5.96. The number of hydrogen-bond donors (Lipinski definition) is 0. The molecular weight excluding hydrogens is 276 g/mol. The number of carbonyl (C=O) groups excluding carboxylic acids is 1. The molecule has 1 saturated heterocycles. The van der Waals surface area contributed by atoms with Crippen LogP contribution in [-0.2, 0) is 9.53 Å². The lowest BCUT2D eigenvalue weighted by atomic mass is 9.86. The number of hydrogen-bond acceptors (Lipinski definition) is 3. The number of esters is 1. The Hall–Kier alpha value is -2.55. The van der Waals surface area contributed by atoms with Crippen LogP contribution in [0.15, 0.2) is 60.7 Å². The predicted octanol–water partition coefficient (Wildman–Crippen LogP) is 3.94. The number of aryl methyl sites for hydroxylation is 1. The summed E-state index contributed by atoms with van der Waals surface area (Å²) in [5.41, 5.74) is 3.67. The van der Waals surface area contributed by atoms with Gasteiger partial charge in [0, 0.05) is 5.57 Å². The van der Waals surface area contributed by atoms with Crippen molar-refractivity contribution in [1.29, 1.82) is 0 Å². The van der Waals surface area contributed by atoms with Crippen molar-refractivity contribution in [2.45, 2.75) is 18.9 Å². The predicted molar refractivity (Wildman–Crippen MR) is 84.9 cm³/mol. The van der Waals surface area contributed by atoms with E-state index in [4.69, 9.17) is 9.47 Å². The number of benzene rings is 2. The molecule has 3 heteroatoms. The van der Waals surface area contributed by atoms with Crippen molar-refractivity contribution in [2.75, 3.05) is 7.11 Å². The lowest BCUT2D eigenvalue weighted by molar-refractivity contribution is -0.139. The van der Waals surface area contributed by atoms with Gasteiger partial charge in [-0.05, 0) is 30.2 Å². The Morgan fingerprint density at radius 2 is 1.59 bits per heavy atom. The average molecular weight is 294 g/mol. The first-order valence-electron chi connectivity index (χ1n) is 7.20. The summed E-state index contributed by atoms with van der Waals surface area (Å²) < 4.78 is 10.7. The molecule has 1 aliphatic rings. The quantitative estimate of drug-likeness (QED) is 0.635. The van der Waals surface area contributed by atoms with E-state index >= 15 is 0 Å². The summed E-state index contributed by atoms with van der Waals surface area (Å²) in [6.07, 6.45) is -0.339. The van der Waals surface area contributed by atoms with E-state index in [9.17, 15) is 4.79 Å². The molecule has 1 heterocycles. The molecular formula is C19H18O3. The van der Waals surface area contributed by atoms with Crippen molar-refractivity contribution in [1.82, 2.24) is 0 Å². The first kappa shape index (κ1) is 14.4. The molecule has 3 rings (SSSR count). The molecule has 0 N–H and O–H groups in total. The summed E-state index contributed by atoms with van der Waals surface area (Å²) >= 11 is 0. The van der Waals surface area contributed by atoms with Crippen molar-refractivity contribution < 1.29 is 14.3 Å². The Balaban J connectivity index is 1.98. The Morgan fingerprint density at radius 3 is 2.18 bits per heavy atom. The van der Waals surface area contributed by atoms with Crippen LogP contribution in [0.5, 0.6) is 5.75 Å². The van der Waals surface area contributed by atoms with Crippen LogP contribution >= 0.6 is 0 Å². The molecule has 0 unspecified atom stereocenters. The van der Waals surface area contributed by atoms with Gasteiger partial charge in [0.05, 0.1) is 13.0 Å². The van der Waals surface area contributed by atoms with Crippen molar-refractivity contribution in [3.05, 3.63) is 77.4 Å². The smallest absolute Gasteiger partial charge is 0.334 e. The lowest BCUT2D eigenvalue weighted by Gasteiger charge is -2.19. The van der Waals surface area contributed by atoms with Crippen LogP contribution in [0.3, 0.4) is 0 Å². The van der Waals surface area contributed by atoms with E-state index in [1.54, 1.807) is 7.11 Å². The van der Waals surface area contributed by atoms with Gasteiger partial charge in [0.15, 0.2) is 0 Å². The molecule has 0 aliphatic carbocycles. The fraction of sp³-hybridized carbons (Fsp3) is 0.211. The fourth-order valence-electron chi connectivity index (χ4n) is 2.77. The van der Waals surface area contributed by atoms with Gasteiger partial charge in [-0.25, -0.2) is 4.79 Å². The van der Waals surface area contributed by atoms with Gasteiger partial charge in [-0.3, -0.25) is 0 Å². The van der Waals surface area contributed by atoms with E-state index < -0.39 is 0 Å². The third-order valence-electron chi connectivity index (χ3n) is 4.06. The highest BCUT2D eigenvalue weighted by Gasteiger charge is 2.40. The second-order valence-corrected chi connectivity index (χ2v) is 5.51. The van der Waals surface area contributed by atoms with Crippen molar-refractivity contribution in [2.24, 2.45) is 0 Å². The first-order valence-corrected chi connectivity index (χ1v) is 7.20. The zero-order chi connectivity index (χ0) is 15.7. The minimum atomic E-state index is -0.339. The summed E-state index contributed by atoms with van der Waals surface area (Å²) in [4.78, 5) is 12.0. The number of carbonyl (C=O) groups is 1. The monoisotopic (exact) mass is 294 g/mol. The Labute approximate surface area is 130 Å². The van der Waals surface area contributed by atoms with Crippen LogP contribution in [0.4, 0.5) is 0 Å². The summed E-state index contributed by atoms with van der Waals surface area (Å²) in [5.74, 6) is 0.298. The Morgan fingerprint density at radius 1 is 1.00 bits per heavy atom. The molecule has 0 radical (unpaired) electrons. The van der Waals surface area contributed by atoms with E-state index in [0.29, 0.717) is 5.57 Å². The molecule has 2 atom stereocenters. The highest BCUT2D eigenvalue weighted by atomic mass is 16.6. The van der Waals surface area contributed by atoms with Gasteiger partial charge in [-0.1, -0.05) is 48.5 Å². The van der Waals surface area contributed by atoms with E-state index in [1.165, 1.54) is 5.56 Å². The zero-order valence-corrected chi connectivity index (χ0v) is 12.7. The van der Waals surface area contributed by atoms with E-state index in [0.717, 1.165) is 16.9 Å². The molecule has 2 aromatic carbocycles. The third kappa shape index (κ3) is 2.50. The van der Waals surface area contributed by atoms with Crippen molar-refractivity contribution >= 4 is 5.97 Å². The van der Waals surface area contributed by atoms with Crippen molar-refractivity contribution in [3.63, 3.8) is 0 Å². The number of methoxy groups -OCH3 is 1. The highest BCUT2D eigenvalue weighted by Crippen LogP contribution is 2.45. The van der Waals surface area contributed by atoms with Gasteiger partial charge in [-0.2, -0.15) is 0 Å². The van der Waals surface area contributed by atoms with E-state index in [-0.39, 0.29) is 18.0 Å². The number of ether oxygens (including phenoxy) is 2. The van der Waals surface area contributed by atoms with Gasteiger partial charge in [0.25, 0.3) is 0 Å². The lowest BCUT2D eigenvalue weighted by Crippen LogP contribution is -2.07. The van der Waals surface area contributed by atoms with Crippen LogP contribution in [0.25, 0.3) is 0 Å². The second-order valence-electron chi connectivity index (χ2n) is 5.51. The topological polar surface area (TPSA) is 35.5 Å². The van der Waals surface area contributed by atoms with Crippen molar-refractivity contribution in [3.8, 4) is 5.75 Å². The maximum atomic E-state index is 12.0. The van der Waals surface area contributed by atoms with Crippen LogP contribution < -0.4 is 4.74 Å². The van der Waals surface area contributed by atoms with Crippen LogP contribution in [-0.4, -0.2) is 13.1 Å². The van der Waals surface area contributed by atoms with Gasteiger partial charge in [0.2, 0.25) is 0 Å². The Kier molecular flexibility index (Phi) is 3.72. The number of cyclic esters (lactones) is 1. The molecule has 2 aromatic rings. The molecule has 0 spiro atoms. The minimum absolute atomic E-state index is 0.151. The summed E-state index contributed by atoms with van der Waals surface area (Å²) in [7, 11) is 1.63. The third-order valence-corrected chi connectivity index (χ3v) is 4.06. The average Bonchev–Trinajstić information content (AvgIpc) is 2.84. The molecule has 0 saturated carbocycles. The van der Waals surface area contributed by atoms with Crippen LogP contribution in [0.2, 0.25) is 0 Å². The molecule has 0 aromatic heterocycles. The maximum Gasteiger partial charge on any atom is 0.334 e. The molecule has 0 bridgehead atoms. The Bertz CT molecular complexity index is 698. The maximum absolute atomic E-state index is 12.0. The summed E-state index contributed by atoms with van der Waals surface area (Å²) in [6, 6.07) is 15.7. The zero-order valence-electron chi connectivity index (χ0n) is 12.7. The largest absolute Gasteiger partial charge is 0.497 e. The van der Waals surface area contributed by atoms with E-state index in [2.05, 4.69) is 6.58 Å². The van der Waals surface area contributed by atoms with Gasteiger partial charge in [0.1, 0.15) is 11.9 Å². The second kappa shape index (κ2) is 5.68. The van der Waals surface area contributed by atoms with Crippen LogP contribution in [0.1, 0.15) is 28.7 Å². The molecule has 112 valence electrons. The standard InChI is InChI=1S/C19H18O3/c1-12-4-6-14(7-5-12)17-13(2)19(20)22-18(17)15-8-10-16(21-3)11-9-15/h4-11,17-18H,2H2,1,3H3/t17-,18+/m0/s1. The first-order chi connectivity index (χ1) is 10.6. The molecule has 3 nitrogen and oxygen atoms in total. The summed E-state index contributed by atoms with van der Waals surface area (Å²) in [5, 5.41) is 0. The fourth-order valence-corrected chi connectivity index (χ4v) is 2.77. The molecule has 1 aliphatic heterocycles. The molecule has 0 amide bonds. The number of rotatable bonds is 3. The normalized spacial score (nSPS) is 20.8. The SMILES string of the molecule is C=C1C(=O)O[C@H](c2ccc(OC)cc2)[C@@H]1c1ccc(C)cc1. The van der Waals surface area contributed by atoms with Crippen LogP contribution in [0, 0.1) is 6.92 Å². The van der Waals surface area contributed by atoms with Gasteiger partial charge < -0.3 is 9.47 Å². The molecule has 1 fully saturated rings. The van der Waals surface area contributed by atoms with E-state index in [1.807, 2.05) is 55.5 Å². The van der Waals surface area contributed by atoms with Gasteiger partial charge >= 0.3 is 5.97 Å². The minimum Gasteiger partial charge on any atom is -0.497 e. The highest BCUT2D eigenvalue weighted by molar-refractivity contribution is 5.92.